The third-order valence-electron chi connectivity index (χ3n) is 3.44. The molecule has 1 amide bonds. The minimum absolute atomic E-state index is 0.00437. The van der Waals surface area contributed by atoms with Crippen molar-refractivity contribution in [2.45, 2.75) is 6.92 Å². The molecule has 3 aromatic rings. The van der Waals surface area contributed by atoms with E-state index in [0.717, 1.165) is 0 Å². The summed E-state index contributed by atoms with van der Waals surface area (Å²) in [5.74, 6) is -1.22. The number of esters is 1. The Bertz CT molecular complexity index is 989. The van der Waals surface area contributed by atoms with E-state index in [1.165, 1.54) is 22.8 Å². The van der Waals surface area contributed by atoms with Gasteiger partial charge in [-0.05, 0) is 23.6 Å². The minimum Gasteiger partial charge on any atom is -0.425 e. The van der Waals surface area contributed by atoms with Gasteiger partial charge < -0.3 is 14.6 Å². The Morgan fingerprint density at radius 3 is 2.54 bits per heavy atom. The minimum atomic E-state index is -0.619. The molecular weight excluding hydrogens is 328 g/mol. The lowest BCUT2D eigenvalue weighted by molar-refractivity contribution is -0.131. The number of aryl methyl sites for hydroxylation is 1. The van der Waals surface area contributed by atoms with Crippen LogP contribution in [0.25, 0.3) is 10.2 Å². The zero-order valence-corrected chi connectivity index (χ0v) is 13.8. The zero-order chi connectivity index (χ0) is 17.3. The van der Waals surface area contributed by atoms with Crippen molar-refractivity contribution < 1.29 is 14.3 Å². The molecule has 0 atom stereocenters. The number of aromatic nitrogens is 1. The molecular formula is C17H14N2O4S. The molecule has 7 heteroatoms. The quantitative estimate of drug-likeness (QED) is 0.743. The molecule has 2 heterocycles. The van der Waals surface area contributed by atoms with Gasteiger partial charge in [-0.15, -0.1) is 11.3 Å². The fourth-order valence-electron chi connectivity index (χ4n) is 2.39. The Morgan fingerprint density at radius 1 is 1.17 bits per heavy atom. The monoisotopic (exact) mass is 342 g/mol. The van der Waals surface area contributed by atoms with Crippen LogP contribution in [0.5, 0.6) is 5.75 Å². The molecule has 0 aliphatic heterocycles. The number of amides is 1. The Morgan fingerprint density at radius 2 is 1.88 bits per heavy atom. The molecule has 0 radical (unpaired) electrons. The third-order valence-corrected chi connectivity index (χ3v) is 4.43. The summed E-state index contributed by atoms with van der Waals surface area (Å²) in [6, 6.07) is 10.5. The lowest BCUT2D eigenvalue weighted by Gasteiger charge is -2.12. The maximum absolute atomic E-state index is 12.6. The molecule has 0 unspecified atom stereocenters. The third kappa shape index (κ3) is 2.81. The number of para-hydroxylation sites is 1. The van der Waals surface area contributed by atoms with Gasteiger partial charge in [0.1, 0.15) is 10.4 Å². The number of hydrogen-bond donors (Lipinski definition) is 1. The van der Waals surface area contributed by atoms with Gasteiger partial charge in [-0.25, -0.2) is 0 Å². The first-order valence-electron chi connectivity index (χ1n) is 7.14. The summed E-state index contributed by atoms with van der Waals surface area (Å²) in [6.07, 6.45) is 0. The predicted molar refractivity (Wildman–Crippen MR) is 92.8 cm³/mol. The summed E-state index contributed by atoms with van der Waals surface area (Å²) in [5, 5.41) is 4.98. The number of carbonyl (C=O) groups excluding carboxylic acids is 2. The van der Waals surface area contributed by atoms with Crippen LogP contribution in [0.1, 0.15) is 17.3 Å². The summed E-state index contributed by atoms with van der Waals surface area (Å²) >= 11 is 1.33. The number of anilines is 1. The Labute approximate surface area is 141 Å². The first kappa shape index (κ1) is 15.9. The first-order chi connectivity index (χ1) is 11.5. The van der Waals surface area contributed by atoms with Crippen molar-refractivity contribution in [3.63, 3.8) is 0 Å². The lowest BCUT2D eigenvalue weighted by Crippen LogP contribution is -2.29. The van der Waals surface area contributed by atoms with E-state index in [-0.39, 0.29) is 11.3 Å². The summed E-state index contributed by atoms with van der Waals surface area (Å²) in [4.78, 5) is 37.4. The van der Waals surface area contributed by atoms with Crippen LogP contribution in [0.3, 0.4) is 0 Å². The molecule has 0 saturated heterocycles. The summed E-state index contributed by atoms with van der Waals surface area (Å²) in [7, 11) is 1.58. The molecule has 0 aliphatic carbocycles. The molecule has 0 aliphatic rings. The molecule has 0 bridgehead atoms. The van der Waals surface area contributed by atoms with E-state index in [1.54, 1.807) is 42.8 Å². The van der Waals surface area contributed by atoms with Gasteiger partial charge in [-0.3, -0.25) is 14.4 Å². The van der Waals surface area contributed by atoms with Crippen LogP contribution in [-0.2, 0) is 11.8 Å². The van der Waals surface area contributed by atoms with Gasteiger partial charge in [0.15, 0.2) is 5.75 Å². The van der Waals surface area contributed by atoms with Crippen molar-refractivity contribution in [2.75, 3.05) is 5.32 Å². The second-order valence-electron chi connectivity index (χ2n) is 5.12. The van der Waals surface area contributed by atoms with Crippen LogP contribution in [-0.4, -0.2) is 16.4 Å². The Balaban J connectivity index is 2.18. The van der Waals surface area contributed by atoms with Gasteiger partial charge in [-0.1, -0.05) is 18.2 Å². The van der Waals surface area contributed by atoms with Crippen molar-refractivity contribution in [1.82, 2.24) is 4.57 Å². The van der Waals surface area contributed by atoms with E-state index in [0.29, 0.717) is 15.9 Å². The molecule has 6 nitrogen and oxygen atoms in total. The fraction of sp³-hybridized carbons (Fsp3) is 0.118. The van der Waals surface area contributed by atoms with Crippen LogP contribution in [0.4, 0.5) is 5.69 Å². The number of fused-ring (bicyclic) bond motifs is 1. The van der Waals surface area contributed by atoms with Crippen molar-refractivity contribution in [2.24, 2.45) is 7.05 Å². The number of nitrogens with one attached hydrogen (secondary N) is 1. The average Bonchev–Trinajstić information content (AvgIpc) is 3.03. The number of thiophene rings is 1. The summed E-state index contributed by atoms with van der Waals surface area (Å²) in [5.41, 5.74) is -0.166. The number of rotatable bonds is 3. The molecule has 0 spiro atoms. The number of carbonyl (C=O) groups is 2. The highest BCUT2D eigenvalue weighted by atomic mass is 32.1. The highest BCUT2D eigenvalue weighted by Crippen LogP contribution is 2.31. The van der Waals surface area contributed by atoms with Gasteiger partial charge >= 0.3 is 5.97 Å². The second kappa shape index (κ2) is 6.29. The fourth-order valence-corrected chi connectivity index (χ4v) is 3.25. The maximum atomic E-state index is 12.6. The SMILES string of the molecule is CC(=O)Oc1c(C(=O)Nc2ccccc2)c(=O)n(C)c2sccc12. The van der Waals surface area contributed by atoms with Crippen molar-refractivity contribution in [3.05, 3.63) is 57.7 Å². The molecule has 1 aromatic carbocycles. The number of ether oxygens (including phenoxy) is 1. The van der Waals surface area contributed by atoms with E-state index in [4.69, 9.17) is 4.74 Å². The average molecular weight is 342 g/mol. The van der Waals surface area contributed by atoms with E-state index >= 15 is 0 Å². The van der Waals surface area contributed by atoms with Crippen LogP contribution in [0, 0.1) is 0 Å². The van der Waals surface area contributed by atoms with Gasteiger partial charge in [0, 0.05) is 19.7 Å². The van der Waals surface area contributed by atoms with Crippen LogP contribution < -0.4 is 15.6 Å². The number of hydrogen-bond acceptors (Lipinski definition) is 5. The maximum Gasteiger partial charge on any atom is 0.308 e. The second-order valence-corrected chi connectivity index (χ2v) is 6.02. The van der Waals surface area contributed by atoms with Crippen LogP contribution >= 0.6 is 11.3 Å². The van der Waals surface area contributed by atoms with Gasteiger partial charge in [0.2, 0.25) is 0 Å². The smallest absolute Gasteiger partial charge is 0.308 e. The Hall–Kier alpha value is -2.93. The van der Waals surface area contributed by atoms with Crippen molar-refractivity contribution in [3.8, 4) is 5.75 Å². The zero-order valence-electron chi connectivity index (χ0n) is 13.0. The van der Waals surface area contributed by atoms with Crippen molar-refractivity contribution in [1.29, 1.82) is 0 Å². The largest absolute Gasteiger partial charge is 0.425 e. The number of nitrogens with zero attached hydrogens (tertiary/aromatic N) is 1. The van der Waals surface area contributed by atoms with E-state index < -0.39 is 17.4 Å². The highest BCUT2D eigenvalue weighted by Gasteiger charge is 2.24. The topological polar surface area (TPSA) is 77.4 Å². The first-order valence-corrected chi connectivity index (χ1v) is 8.02. The van der Waals surface area contributed by atoms with Gasteiger partial charge in [0.05, 0.1) is 5.39 Å². The van der Waals surface area contributed by atoms with Gasteiger partial charge in [0.25, 0.3) is 11.5 Å². The summed E-state index contributed by atoms with van der Waals surface area (Å²) in [6.45, 7) is 1.23. The molecule has 122 valence electrons. The molecule has 1 N–H and O–H groups in total. The normalized spacial score (nSPS) is 10.6. The van der Waals surface area contributed by atoms with E-state index in [1.807, 2.05) is 6.07 Å². The number of benzene rings is 1. The standard InChI is InChI=1S/C17H14N2O4S/c1-10(20)23-14-12-8-9-24-17(12)19(2)16(22)13(14)15(21)18-11-6-4-3-5-7-11/h3-9H,1-2H3,(H,18,21). The molecule has 2 aromatic heterocycles. The highest BCUT2D eigenvalue weighted by molar-refractivity contribution is 7.16. The molecule has 24 heavy (non-hydrogen) atoms. The van der Waals surface area contributed by atoms with Crippen LogP contribution in [0.2, 0.25) is 0 Å². The predicted octanol–water partition coefficient (Wildman–Crippen LogP) is 2.78. The van der Waals surface area contributed by atoms with Crippen LogP contribution in [0.15, 0.2) is 46.6 Å². The summed E-state index contributed by atoms with van der Waals surface area (Å²) < 4.78 is 6.59. The molecule has 0 fully saturated rings. The number of pyridine rings is 1. The van der Waals surface area contributed by atoms with Gasteiger partial charge in [-0.2, -0.15) is 0 Å². The van der Waals surface area contributed by atoms with E-state index in [9.17, 15) is 14.4 Å². The Kier molecular flexibility index (Phi) is 4.18. The van der Waals surface area contributed by atoms with E-state index in [2.05, 4.69) is 5.32 Å². The molecule has 3 rings (SSSR count). The lowest BCUT2D eigenvalue weighted by atomic mass is 10.1. The molecule has 0 saturated carbocycles. The van der Waals surface area contributed by atoms with Crippen molar-refractivity contribution >= 4 is 39.1 Å².